The molecule has 1 rings (SSSR count). The number of aryl methyl sites for hydroxylation is 3. The minimum atomic E-state index is -5.44. The van der Waals surface area contributed by atoms with Gasteiger partial charge in [0.2, 0.25) is 0 Å². The van der Waals surface area contributed by atoms with Crippen LogP contribution in [0.25, 0.3) is 0 Å². The molecule has 0 amide bonds. The SMILES string of the molecule is Cc1cc(C)c(C(N)C(C(F)(F)F)C(F)(F)F)cc1C. The fourth-order valence-corrected chi connectivity index (χ4v) is 2.11. The zero-order valence-electron chi connectivity index (χ0n) is 11.2. The summed E-state index contributed by atoms with van der Waals surface area (Å²) in [6.45, 7) is 4.79. The maximum absolute atomic E-state index is 12.7. The first-order chi connectivity index (χ1) is 8.85. The normalized spacial score (nSPS) is 14.8. The molecule has 1 unspecified atom stereocenters. The van der Waals surface area contributed by atoms with E-state index in [-0.39, 0.29) is 5.56 Å². The lowest BCUT2D eigenvalue weighted by Gasteiger charge is -2.29. The average Bonchev–Trinajstić information content (AvgIpc) is 2.18. The minimum Gasteiger partial charge on any atom is -0.323 e. The summed E-state index contributed by atoms with van der Waals surface area (Å²) in [4.78, 5) is 0. The lowest BCUT2D eigenvalue weighted by atomic mass is 9.88. The molecule has 0 aliphatic carbocycles. The van der Waals surface area contributed by atoms with Gasteiger partial charge in [-0.15, -0.1) is 0 Å². The van der Waals surface area contributed by atoms with E-state index in [2.05, 4.69) is 0 Å². The molecule has 2 N–H and O–H groups in total. The molecule has 0 fully saturated rings. The summed E-state index contributed by atoms with van der Waals surface area (Å²) in [6.07, 6.45) is -10.9. The van der Waals surface area contributed by atoms with Crippen molar-refractivity contribution < 1.29 is 26.3 Å². The first kappa shape index (κ1) is 16.8. The Balaban J connectivity index is 3.34. The van der Waals surface area contributed by atoms with Crippen molar-refractivity contribution in [2.75, 3.05) is 0 Å². The van der Waals surface area contributed by atoms with E-state index < -0.39 is 24.3 Å². The van der Waals surface area contributed by atoms with Crippen molar-refractivity contribution in [3.05, 3.63) is 34.4 Å². The predicted molar refractivity (Wildman–Crippen MR) is 63.2 cm³/mol. The molecule has 0 saturated heterocycles. The molecular weight excluding hydrogens is 284 g/mol. The third-order valence-electron chi connectivity index (χ3n) is 3.31. The van der Waals surface area contributed by atoms with E-state index in [9.17, 15) is 26.3 Å². The monoisotopic (exact) mass is 299 g/mol. The molecule has 0 aliphatic heterocycles. The lowest BCUT2D eigenvalue weighted by molar-refractivity contribution is -0.290. The van der Waals surface area contributed by atoms with E-state index in [0.717, 1.165) is 5.56 Å². The third-order valence-corrected chi connectivity index (χ3v) is 3.31. The second kappa shape index (κ2) is 5.27. The highest BCUT2D eigenvalue weighted by molar-refractivity contribution is 5.38. The molecule has 1 aromatic carbocycles. The van der Waals surface area contributed by atoms with E-state index in [0.29, 0.717) is 11.1 Å². The van der Waals surface area contributed by atoms with Gasteiger partial charge in [0.1, 0.15) is 0 Å². The minimum absolute atomic E-state index is 0.132. The summed E-state index contributed by atoms with van der Waals surface area (Å²) in [5, 5.41) is 0. The lowest BCUT2D eigenvalue weighted by Crippen LogP contribution is -2.44. The second-order valence-corrected chi connectivity index (χ2v) is 4.88. The Bertz CT molecular complexity index is 475. The Hall–Kier alpha value is -1.24. The number of hydrogen-bond acceptors (Lipinski definition) is 1. The van der Waals surface area contributed by atoms with Crippen molar-refractivity contribution >= 4 is 0 Å². The van der Waals surface area contributed by atoms with Gasteiger partial charge in [-0.2, -0.15) is 26.3 Å². The first-order valence-electron chi connectivity index (χ1n) is 5.82. The number of halogens is 6. The molecule has 0 spiro atoms. The number of benzene rings is 1. The highest BCUT2D eigenvalue weighted by Crippen LogP contribution is 2.46. The summed E-state index contributed by atoms with van der Waals surface area (Å²) in [5.41, 5.74) is 6.87. The van der Waals surface area contributed by atoms with E-state index >= 15 is 0 Å². The van der Waals surface area contributed by atoms with Crippen LogP contribution < -0.4 is 5.73 Å². The molecule has 114 valence electrons. The molecule has 7 heteroatoms. The number of hydrogen-bond donors (Lipinski definition) is 1. The van der Waals surface area contributed by atoms with Crippen molar-refractivity contribution in [2.45, 2.75) is 39.2 Å². The molecule has 1 aromatic rings. The van der Waals surface area contributed by atoms with Crippen molar-refractivity contribution in [3.8, 4) is 0 Å². The van der Waals surface area contributed by atoms with Crippen LogP contribution in [0.2, 0.25) is 0 Å². The number of rotatable bonds is 2. The summed E-state index contributed by atoms with van der Waals surface area (Å²) >= 11 is 0. The Morgan fingerprint density at radius 2 is 1.20 bits per heavy atom. The smallest absolute Gasteiger partial charge is 0.323 e. The third kappa shape index (κ3) is 3.45. The van der Waals surface area contributed by atoms with Crippen molar-refractivity contribution in [1.29, 1.82) is 0 Å². The van der Waals surface area contributed by atoms with Gasteiger partial charge in [0.25, 0.3) is 0 Å². The summed E-state index contributed by atoms with van der Waals surface area (Å²) < 4.78 is 76.0. The zero-order valence-corrected chi connectivity index (χ0v) is 11.2. The number of nitrogens with two attached hydrogens (primary N) is 1. The van der Waals surface area contributed by atoms with E-state index in [1.165, 1.54) is 19.1 Å². The van der Waals surface area contributed by atoms with Crippen LogP contribution >= 0.6 is 0 Å². The Morgan fingerprint density at radius 1 is 0.800 bits per heavy atom. The molecular formula is C13H15F6N. The van der Waals surface area contributed by atoms with Gasteiger partial charge in [0, 0.05) is 0 Å². The van der Waals surface area contributed by atoms with Gasteiger partial charge >= 0.3 is 12.4 Å². The fourth-order valence-electron chi connectivity index (χ4n) is 2.11. The van der Waals surface area contributed by atoms with Crippen LogP contribution in [-0.4, -0.2) is 12.4 Å². The summed E-state index contributed by atoms with van der Waals surface area (Å²) in [5.74, 6) is -3.57. The second-order valence-electron chi connectivity index (χ2n) is 4.88. The van der Waals surface area contributed by atoms with Gasteiger partial charge in [-0.3, -0.25) is 0 Å². The van der Waals surface area contributed by atoms with E-state index in [1.807, 2.05) is 0 Å². The van der Waals surface area contributed by atoms with E-state index in [4.69, 9.17) is 5.73 Å². The standard InChI is InChI=1S/C13H15F6N/c1-6-4-8(3)9(5-7(6)2)10(20)11(12(14,15)16)13(17,18)19/h4-5,10-11H,20H2,1-3H3. The van der Waals surface area contributed by atoms with Crippen LogP contribution in [0.15, 0.2) is 12.1 Å². The first-order valence-corrected chi connectivity index (χ1v) is 5.82. The topological polar surface area (TPSA) is 26.0 Å². The van der Waals surface area contributed by atoms with Gasteiger partial charge in [-0.25, -0.2) is 0 Å². The van der Waals surface area contributed by atoms with Gasteiger partial charge in [-0.05, 0) is 43.0 Å². The van der Waals surface area contributed by atoms with Gasteiger partial charge < -0.3 is 5.73 Å². The van der Waals surface area contributed by atoms with Crippen molar-refractivity contribution in [1.82, 2.24) is 0 Å². The Kier molecular flexibility index (Phi) is 4.43. The van der Waals surface area contributed by atoms with Crippen molar-refractivity contribution in [2.24, 2.45) is 11.7 Å². The van der Waals surface area contributed by atoms with Crippen LogP contribution in [0.3, 0.4) is 0 Å². The molecule has 1 atom stereocenters. The van der Waals surface area contributed by atoms with Crippen LogP contribution in [0, 0.1) is 26.7 Å². The Labute approximate surface area is 112 Å². The zero-order chi connectivity index (χ0) is 15.9. The van der Waals surface area contributed by atoms with Gasteiger partial charge in [0.15, 0.2) is 5.92 Å². The van der Waals surface area contributed by atoms with Gasteiger partial charge in [-0.1, -0.05) is 12.1 Å². The molecule has 0 aliphatic rings. The molecule has 0 saturated carbocycles. The Morgan fingerprint density at radius 3 is 1.60 bits per heavy atom. The predicted octanol–water partition coefficient (Wildman–Crippen LogP) is 4.35. The fraction of sp³-hybridized carbons (Fsp3) is 0.538. The molecule has 0 radical (unpaired) electrons. The molecule has 0 bridgehead atoms. The number of alkyl halides is 6. The maximum atomic E-state index is 12.7. The van der Waals surface area contributed by atoms with E-state index in [1.54, 1.807) is 13.8 Å². The quantitative estimate of drug-likeness (QED) is 0.807. The van der Waals surface area contributed by atoms with Crippen LogP contribution in [0.5, 0.6) is 0 Å². The largest absolute Gasteiger partial charge is 0.402 e. The highest BCUT2D eigenvalue weighted by Gasteiger charge is 2.59. The molecule has 0 heterocycles. The molecule has 1 nitrogen and oxygen atoms in total. The molecule has 0 aromatic heterocycles. The van der Waals surface area contributed by atoms with Crippen LogP contribution in [0.1, 0.15) is 28.3 Å². The molecule has 20 heavy (non-hydrogen) atoms. The van der Waals surface area contributed by atoms with Crippen molar-refractivity contribution in [3.63, 3.8) is 0 Å². The summed E-state index contributed by atoms with van der Waals surface area (Å²) in [7, 11) is 0. The average molecular weight is 299 g/mol. The maximum Gasteiger partial charge on any atom is 0.402 e. The van der Waals surface area contributed by atoms with Gasteiger partial charge in [0.05, 0.1) is 6.04 Å². The highest BCUT2D eigenvalue weighted by atomic mass is 19.4. The summed E-state index contributed by atoms with van der Waals surface area (Å²) in [6, 6.07) is 0.656. The van der Waals surface area contributed by atoms with Crippen LogP contribution in [0.4, 0.5) is 26.3 Å². The van der Waals surface area contributed by atoms with Crippen LogP contribution in [-0.2, 0) is 0 Å².